The average Bonchev–Trinajstić information content (AvgIpc) is 2.54. The highest BCUT2D eigenvalue weighted by atomic mass is 16.7. The van der Waals surface area contributed by atoms with Crippen LogP contribution < -0.4 is 0 Å². The van der Waals surface area contributed by atoms with Crippen molar-refractivity contribution in [2.75, 3.05) is 66.9 Å². The van der Waals surface area contributed by atoms with Crippen LogP contribution in [0.3, 0.4) is 0 Å². The third kappa shape index (κ3) is 50.3. The molecule has 520 valence electrons. The summed E-state index contributed by atoms with van der Waals surface area (Å²) in [6, 6.07) is 0. The van der Waals surface area contributed by atoms with Crippen molar-refractivity contribution in [3.8, 4) is 0 Å². The van der Waals surface area contributed by atoms with Crippen LogP contribution in [0, 0.1) is 17.8 Å². The molecule has 0 saturated carbocycles. The van der Waals surface area contributed by atoms with Crippen LogP contribution in [0.25, 0.3) is 0 Å². The molecule has 88 heavy (non-hydrogen) atoms. The normalized spacial score (nSPS) is 16.0. The Kier molecular flexibility index (Phi) is 59.1. The average molecular weight is 1250 g/mol. The minimum atomic E-state index is -0.658. The van der Waals surface area contributed by atoms with E-state index in [1.807, 2.05) is 14.1 Å². The maximum atomic E-state index is 12.8. The van der Waals surface area contributed by atoms with E-state index in [4.69, 9.17) is 37.9 Å². The fourth-order valence-electron chi connectivity index (χ4n) is 12.3. The monoisotopic (exact) mass is 1250 g/mol. The van der Waals surface area contributed by atoms with Gasteiger partial charge in [0, 0.05) is 39.1 Å². The quantitative estimate of drug-likeness (QED) is 0.0324. The Morgan fingerprint density at radius 1 is 0.318 bits per heavy atom. The van der Waals surface area contributed by atoms with Crippen molar-refractivity contribution < 1.29 is 57.1 Å². The molecule has 1 aliphatic rings. The molecule has 1 unspecified atom stereocenters. The largest absolute Gasteiger partial charge is 0.466 e. The van der Waals surface area contributed by atoms with E-state index in [9.17, 15) is 19.2 Å². The third-order valence-corrected chi connectivity index (χ3v) is 18.0. The van der Waals surface area contributed by atoms with Gasteiger partial charge in [-0.25, -0.2) is 0 Å². The third-order valence-electron chi connectivity index (χ3n) is 18.0. The molecule has 13 nitrogen and oxygen atoms in total. The highest BCUT2D eigenvalue weighted by Crippen LogP contribution is 2.30. The summed E-state index contributed by atoms with van der Waals surface area (Å²) in [5, 5.41) is 0. The second kappa shape index (κ2) is 62.1. The van der Waals surface area contributed by atoms with Crippen molar-refractivity contribution in [3.63, 3.8) is 0 Å². The van der Waals surface area contributed by atoms with Gasteiger partial charge in [-0.1, -0.05) is 273 Å². The second-order valence-electron chi connectivity index (χ2n) is 26.7. The molecule has 1 heterocycles. The standard InChI is InChI=1S/C75H143NO12/c1-9-15-33-45-65(46-34-16-10-2)54-60-81-69(77)51-39-27-21-24-30-42-57-84-73-68(64-87-72(80)63-76(7)8)88-75(86-59-44-32-26-23-29-41-53-71(79)83-62-56-67(49-37-19-13-5)50-38-20-14-6)74(73)85-58-43-31-25-22-28-40-52-70(78)82-61-55-66(47-35-17-11-3)48-36-18-12-4/h65-68,73-75H,9-64H2,1-8H3/t68-,73?,74+,75-/m1/s1. The number of nitrogens with zero attached hydrogens (tertiary/aromatic N) is 1. The SMILES string of the molecule is CCCCCC(CCCCC)CCOC(=O)CCCCCCCCOC1[C@@H](COC(=O)CN(C)C)O[C@@H](OCCCCCCCCC(=O)OCCC(CCCCC)CCCCC)[C@H]1OCCCCCCCCC(=O)OCCC(CCCCC)CCCCC. The van der Waals surface area contributed by atoms with E-state index < -0.39 is 24.6 Å². The number of esters is 4. The lowest BCUT2D eigenvalue weighted by molar-refractivity contribution is -0.184. The smallest absolute Gasteiger partial charge is 0.320 e. The van der Waals surface area contributed by atoms with Crippen LogP contribution in [0.1, 0.15) is 350 Å². The summed E-state index contributed by atoms with van der Waals surface area (Å²) in [7, 11) is 3.69. The molecule has 0 N–H and O–H groups in total. The number of likely N-dealkylation sites (N-methyl/N-ethyl adjacent to an activating group) is 1. The van der Waals surface area contributed by atoms with Crippen LogP contribution in [-0.4, -0.2) is 120 Å². The molecular weight excluding hydrogens is 1110 g/mol. The Balaban J connectivity index is 2.75. The van der Waals surface area contributed by atoms with Gasteiger partial charge in [0.1, 0.15) is 24.9 Å². The van der Waals surface area contributed by atoms with Gasteiger partial charge in [-0.3, -0.25) is 24.1 Å². The lowest BCUT2D eigenvalue weighted by Gasteiger charge is -2.25. The Hall–Kier alpha value is -2.32. The van der Waals surface area contributed by atoms with Gasteiger partial charge in [0.2, 0.25) is 0 Å². The summed E-state index contributed by atoms with van der Waals surface area (Å²) in [5.41, 5.74) is 0. The molecule has 0 bridgehead atoms. The molecule has 4 atom stereocenters. The first-order chi connectivity index (χ1) is 43.0. The molecule has 1 rings (SSSR count). The molecule has 0 aliphatic carbocycles. The van der Waals surface area contributed by atoms with E-state index in [-0.39, 0.29) is 37.0 Å². The lowest BCUT2D eigenvalue weighted by Crippen LogP contribution is -2.40. The molecule has 0 spiro atoms. The second-order valence-corrected chi connectivity index (χ2v) is 26.7. The van der Waals surface area contributed by atoms with E-state index in [1.165, 1.54) is 154 Å². The summed E-state index contributed by atoms with van der Waals surface area (Å²) >= 11 is 0. The van der Waals surface area contributed by atoms with Gasteiger partial charge >= 0.3 is 23.9 Å². The van der Waals surface area contributed by atoms with Crippen molar-refractivity contribution in [2.24, 2.45) is 17.8 Å². The van der Waals surface area contributed by atoms with Crippen LogP contribution in [-0.2, 0) is 57.1 Å². The number of hydrogen-bond donors (Lipinski definition) is 0. The molecule has 0 radical (unpaired) electrons. The predicted octanol–water partition coefficient (Wildman–Crippen LogP) is 19.9. The maximum absolute atomic E-state index is 12.8. The first-order valence-corrected chi connectivity index (χ1v) is 37.8. The van der Waals surface area contributed by atoms with Crippen molar-refractivity contribution in [2.45, 2.75) is 374 Å². The van der Waals surface area contributed by atoms with Gasteiger partial charge in [-0.2, -0.15) is 0 Å². The first kappa shape index (κ1) is 83.7. The number of hydrogen-bond acceptors (Lipinski definition) is 13. The highest BCUT2D eigenvalue weighted by molar-refractivity contribution is 5.71. The van der Waals surface area contributed by atoms with E-state index >= 15 is 0 Å². The van der Waals surface area contributed by atoms with Crippen LogP contribution in [0.2, 0.25) is 0 Å². The summed E-state index contributed by atoms with van der Waals surface area (Å²) in [6.45, 7) is 17.0. The number of carbonyl (C=O) groups excluding carboxylic acids is 4. The van der Waals surface area contributed by atoms with Crippen LogP contribution >= 0.6 is 0 Å². The number of carbonyl (C=O) groups is 4. The molecule has 1 saturated heterocycles. The van der Waals surface area contributed by atoms with Crippen LogP contribution in [0.15, 0.2) is 0 Å². The van der Waals surface area contributed by atoms with E-state index in [1.54, 1.807) is 4.90 Å². The van der Waals surface area contributed by atoms with Gasteiger partial charge in [-0.15, -0.1) is 0 Å². The van der Waals surface area contributed by atoms with Gasteiger partial charge in [0.25, 0.3) is 0 Å². The fourth-order valence-corrected chi connectivity index (χ4v) is 12.3. The minimum absolute atomic E-state index is 0.0519. The Morgan fingerprint density at radius 2 is 0.614 bits per heavy atom. The summed E-state index contributed by atoms with van der Waals surface area (Å²) < 4.78 is 49.3. The van der Waals surface area contributed by atoms with Crippen molar-refractivity contribution in [1.29, 1.82) is 0 Å². The molecule has 1 fully saturated rings. The first-order valence-electron chi connectivity index (χ1n) is 37.8. The number of unbranched alkanes of at least 4 members (excludes halogenated alkanes) is 27. The number of ether oxygens (including phenoxy) is 8. The van der Waals surface area contributed by atoms with Gasteiger partial charge in [-0.05, 0) is 89.6 Å². The fraction of sp³-hybridized carbons (Fsp3) is 0.947. The van der Waals surface area contributed by atoms with E-state index in [0.717, 1.165) is 135 Å². The molecule has 0 aromatic heterocycles. The molecule has 1 aliphatic heterocycles. The van der Waals surface area contributed by atoms with Crippen LogP contribution in [0.5, 0.6) is 0 Å². The Morgan fingerprint density at radius 3 is 0.932 bits per heavy atom. The van der Waals surface area contributed by atoms with Gasteiger partial charge < -0.3 is 37.9 Å². The van der Waals surface area contributed by atoms with E-state index in [2.05, 4.69) is 41.5 Å². The van der Waals surface area contributed by atoms with Gasteiger partial charge in [0.05, 0.1) is 26.4 Å². The zero-order chi connectivity index (χ0) is 64.2. The highest BCUT2D eigenvalue weighted by Gasteiger charge is 2.47. The molecule has 0 aromatic carbocycles. The molecule has 13 heteroatoms. The zero-order valence-corrected chi connectivity index (χ0v) is 59.0. The van der Waals surface area contributed by atoms with Crippen molar-refractivity contribution >= 4 is 23.9 Å². The summed E-state index contributed by atoms with van der Waals surface area (Å²) in [5.74, 6) is 1.50. The van der Waals surface area contributed by atoms with Crippen molar-refractivity contribution in [1.82, 2.24) is 4.90 Å². The van der Waals surface area contributed by atoms with Crippen LogP contribution in [0.4, 0.5) is 0 Å². The van der Waals surface area contributed by atoms with Gasteiger partial charge in [0.15, 0.2) is 6.29 Å². The Bertz CT molecular complexity index is 1540. The molecular formula is C75H143NO12. The zero-order valence-electron chi connectivity index (χ0n) is 59.0. The van der Waals surface area contributed by atoms with Crippen molar-refractivity contribution in [3.05, 3.63) is 0 Å². The summed E-state index contributed by atoms with van der Waals surface area (Å²) in [6.07, 6.45) is 50.2. The number of rotatable bonds is 67. The molecule has 0 aromatic rings. The molecule has 0 amide bonds. The topological polar surface area (TPSA) is 145 Å². The Labute approximate surface area is 542 Å². The lowest BCUT2D eigenvalue weighted by atomic mass is 9.92. The maximum Gasteiger partial charge on any atom is 0.320 e. The van der Waals surface area contributed by atoms with E-state index in [0.29, 0.717) is 76.7 Å². The minimum Gasteiger partial charge on any atom is -0.466 e. The summed E-state index contributed by atoms with van der Waals surface area (Å²) in [4.78, 5) is 52.4. The predicted molar refractivity (Wildman–Crippen MR) is 363 cm³/mol.